The highest BCUT2D eigenvalue weighted by molar-refractivity contribution is 6.04. The first-order valence-corrected chi connectivity index (χ1v) is 8.68. The van der Waals surface area contributed by atoms with Gasteiger partial charge in [-0.25, -0.2) is 0 Å². The third-order valence-electron chi connectivity index (χ3n) is 4.40. The van der Waals surface area contributed by atoms with Gasteiger partial charge < -0.3 is 0 Å². The Labute approximate surface area is 149 Å². The zero-order valence-electron chi connectivity index (χ0n) is 14.5. The third kappa shape index (κ3) is 3.95. The van der Waals surface area contributed by atoms with Gasteiger partial charge in [0.25, 0.3) is 0 Å². The second kappa shape index (κ2) is 7.76. The van der Waals surface area contributed by atoms with Crippen LogP contribution >= 0.6 is 0 Å². The Hall–Kier alpha value is -2.93. The van der Waals surface area contributed by atoms with Crippen LogP contribution in [0.15, 0.2) is 85.5 Å². The molecule has 0 aromatic heterocycles. The predicted octanol–water partition coefficient (Wildman–Crippen LogP) is 6.34. The smallest absolute Gasteiger partial charge is 0.185 e. The van der Waals surface area contributed by atoms with Crippen LogP contribution in [0.3, 0.4) is 0 Å². The number of allylic oxidation sites excluding steroid dienone is 1. The van der Waals surface area contributed by atoms with E-state index in [1.165, 1.54) is 29.2 Å². The summed E-state index contributed by atoms with van der Waals surface area (Å²) in [5.41, 5.74) is 6.75. The highest BCUT2D eigenvalue weighted by atomic mass is 16.1. The van der Waals surface area contributed by atoms with Gasteiger partial charge in [-0.05, 0) is 40.3 Å². The Morgan fingerprint density at radius 2 is 1.16 bits per heavy atom. The van der Waals surface area contributed by atoms with Gasteiger partial charge in [0.15, 0.2) is 5.78 Å². The number of hydrogen-bond donors (Lipinski definition) is 0. The van der Waals surface area contributed by atoms with Crippen molar-refractivity contribution in [2.45, 2.75) is 19.8 Å². The zero-order chi connectivity index (χ0) is 17.6. The van der Waals surface area contributed by atoms with Crippen LogP contribution in [0.2, 0.25) is 0 Å². The van der Waals surface area contributed by atoms with E-state index >= 15 is 0 Å². The van der Waals surface area contributed by atoms with Crippen molar-refractivity contribution >= 4 is 5.78 Å². The second-order valence-electron chi connectivity index (χ2n) is 6.17. The Bertz CT molecular complexity index is 853. The van der Waals surface area contributed by atoms with Crippen molar-refractivity contribution < 1.29 is 4.79 Å². The van der Waals surface area contributed by atoms with Crippen LogP contribution in [0.4, 0.5) is 0 Å². The van der Waals surface area contributed by atoms with E-state index in [2.05, 4.69) is 62.0 Å². The van der Waals surface area contributed by atoms with Gasteiger partial charge in [0.1, 0.15) is 0 Å². The van der Waals surface area contributed by atoms with Crippen LogP contribution in [0.1, 0.15) is 29.3 Å². The molecule has 0 N–H and O–H groups in total. The predicted molar refractivity (Wildman–Crippen MR) is 106 cm³/mol. The van der Waals surface area contributed by atoms with Crippen LogP contribution in [0.5, 0.6) is 0 Å². The molecule has 0 heterocycles. The molecule has 0 bridgehead atoms. The second-order valence-corrected chi connectivity index (χ2v) is 6.17. The molecule has 0 aliphatic carbocycles. The fourth-order valence-electron chi connectivity index (χ4n) is 2.95. The van der Waals surface area contributed by atoms with Crippen LogP contribution in [-0.4, -0.2) is 5.78 Å². The van der Waals surface area contributed by atoms with E-state index < -0.39 is 0 Å². The normalized spacial score (nSPS) is 10.4. The lowest BCUT2D eigenvalue weighted by atomic mass is 9.98. The lowest BCUT2D eigenvalue weighted by molar-refractivity contribution is 0.104. The van der Waals surface area contributed by atoms with E-state index in [0.717, 1.165) is 17.5 Å². The van der Waals surface area contributed by atoms with E-state index in [1.807, 2.05) is 24.3 Å². The number of hydrogen-bond acceptors (Lipinski definition) is 1. The van der Waals surface area contributed by atoms with Crippen molar-refractivity contribution in [3.8, 4) is 22.3 Å². The van der Waals surface area contributed by atoms with Crippen molar-refractivity contribution in [3.63, 3.8) is 0 Å². The topological polar surface area (TPSA) is 17.1 Å². The average Bonchev–Trinajstić information content (AvgIpc) is 2.68. The SMILES string of the molecule is C=CC(=O)c1ccc(-c2ccc(-c3ccc(CCC)cc3)cc2)cc1. The first kappa shape index (κ1) is 16.9. The van der Waals surface area contributed by atoms with Crippen molar-refractivity contribution in [1.29, 1.82) is 0 Å². The van der Waals surface area contributed by atoms with Crippen molar-refractivity contribution in [1.82, 2.24) is 0 Å². The summed E-state index contributed by atoms with van der Waals surface area (Å²) in [4.78, 5) is 11.6. The molecule has 1 nitrogen and oxygen atoms in total. The van der Waals surface area contributed by atoms with Gasteiger partial charge in [-0.1, -0.05) is 92.7 Å². The summed E-state index contributed by atoms with van der Waals surface area (Å²) < 4.78 is 0. The molecule has 0 saturated carbocycles. The fourth-order valence-corrected chi connectivity index (χ4v) is 2.95. The summed E-state index contributed by atoms with van der Waals surface area (Å²) in [7, 11) is 0. The Morgan fingerprint density at radius 1 is 0.760 bits per heavy atom. The molecular formula is C24H22O. The number of carbonyl (C=O) groups excluding carboxylic acids is 1. The van der Waals surface area contributed by atoms with Crippen molar-refractivity contribution in [3.05, 3.63) is 96.6 Å². The highest BCUT2D eigenvalue weighted by Crippen LogP contribution is 2.25. The van der Waals surface area contributed by atoms with Crippen LogP contribution in [0.25, 0.3) is 22.3 Å². The molecule has 3 rings (SSSR count). The summed E-state index contributed by atoms with van der Waals surface area (Å²) >= 11 is 0. The minimum Gasteiger partial charge on any atom is -0.289 e. The van der Waals surface area contributed by atoms with E-state index in [-0.39, 0.29) is 5.78 Å². The molecule has 0 spiro atoms. The quantitative estimate of drug-likeness (QED) is 0.381. The molecule has 0 fully saturated rings. The Balaban J connectivity index is 1.79. The highest BCUT2D eigenvalue weighted by Gasteiger charge is 2.03. The lowest BCUT2D eigenvalue weighted by Crippen LogP contribution is -1.92. The maximum atomic E-state index is 11.6. The summed E-state index contributed by atoms with van der Waals surface area (Å²) in [6.07, 6.45) is 3.64. The molecule has 3 aromatic carbocycles. The van der Waals surface area contributed by atoms with Gasteiger partial charge in [0.05, 0.1) is 0 Å². The molecule has 0 saturated heterocycles. The van der Waals surface area contributed by atoms with E-state index in [0.29, 0.717) is 5.56 Å². The fraction of sp³-hybridized carbons (Fsp3) is 0.125. The first-order valence-electron chi connectivity index (χ1n) is 8.68. The molecule has 0 aliphatic heterocycles. The average molecular weight is 326 g/mol. The molecule has 0 aliphatic rings. The third-order valence-corrected chi connectivity index (χ3v) is 4.40. The molecule has 1 heteroatoms. The van der Waals surface area contributed by atoms with Gasteiger partial charge in [-0.3, -0.25) is 4.79 Å². The monoisotopic (exact) mass is 326 g/mol. The van der Waals surface area contributed by atoms with Gasteiger partial charge in [-0.2, -0.15) is 0 Å². The summed E-state index contributed by atoms with van der Waals surface area (Å²) in [6.45, 7) is 5.72. The van der Waals surface area contributed by atoms with E-state index in [1.54, 1.807) is 0 Å². The van der Waals surface area contributed by atoms with Crippen LogP contribution < -0.4 is 0 Å². The van der Waals surface area contributed by atoms with Crippen molar-refractivity contribution in [2.24, 2.45) is 0 Å². The van der Waals surface area contributed by atoms with Crippen LogP contribution in [-0.2, 0) is 6.42 Å². The molecule has 0 unspecified atom stereocenters. The summed E-state index contributed by atoms with van der Waals surface area (Å²) in [5.74, 6) is -0.0478. The Kier molecular flexibility index (Phi) is 5.25. The minimum absolute atomic E-state index is 0.0478. The number of carbonyl (C=O) groups is 1. The number of ketones is 1. The molecule has 124 valence electrons. The van der Waals surface area contributed by atoms with E-state index in [9.17, 15) is 4.79 Å². The number of rotatable bonds is 6. The van der Waals surface area contributed by atoms with Gasteiger partial charge in [0.2, 0.25) is 0 Å². The molecule has 3 aromatic rings. The maximum Gasteiger partial charge on any atom is 0.185 e. The molecule has 0 atom stereocenters. The van der Waals surface area contributed by atoms with Gasteiger partial charge >= 0.3 is 0 Å². The molecular weight excluding hydrogens is 304 g/mol. The van der Waals surface area contributed by atoms with E-state index in [4.69, 9.17) is 0 Å². The summed E-state index contributed by atoms with van der Waals surface area (Å²) in [6, 6.07) is 25.0. The summed E-state index contributed by atoms with van der Waals surface area (Å²) in [5, 5.41) is 0. The zero-order valence-corrected chi connectivity index (χ0v) is 14.5. The first-order chi connectivity index (χ1) is 12.2. The minimum atomic E-state index is -0.0478. The molecule has 0 radical (unpaired) electrons. The van der Waals surface area contributed by atoms with Crippen molar-refractivity contribution in [2.75, 3.05) is 0 Å². The van der Waals surface area contributed by atoms with Crippen LogP contribution in [0, 0.1) is 0 Å². The maximum absolute atomic E-state index is 11.6. The van der Waals surface area contributed by atoms with Gasteiger partial charge in [-0.15, -0.1) is 0 Å². The standard InChI is InChI=1S/C24H22O/c1-3-5-18-6-8-19(9-7-18)20-10-12-21(13-11-20)22-14-16-23(17-15-22)24(25)4-2/h4,6-17H,2-3,5H2,1H3. The largest absolute Gasteiger partial charge is 0.289 e. The lowest BCUT2D eigenvalue weighted by Gasteiger charge is -2.07. The molecule has 25 heavy (non-hydrogen) atoms. The Morgan fingerprint density at radius 3 is 1.56 bits per heavy atom. The number of benzene rings is 3. The van der Waals surface area contributed by atoms with Gasteiger partial charge in [0, 0.05) is 5.56 Å². The molecule has 0 amide bonds. The number of aryl methyl sites for hydroxylation is 1.